The minimum atomic E-state index is -0.0896. The monoisotopic (exact) mass is 365 g/mol. The largest absolute Gasteiger partial charge is 0.466 e. The van der Waals surface area contributed by atoms with Gasteiger partial charge in [-0.05, 0) is 40.5 Å². The minimum absolute atomic E-state index is 0.0896. The molecule has 0 amide bonds. The highest BCUT2D eigenvalue weighted by Gasteiger charge is 2.09. The van der Waals surface area contributed by atoms with Gasteiger partial charge in [0.1, 0.15) is 0 Å². The molecule has 0 radical (unpaired) electrons. The van der Waals surface area contributed by atoms with Gasteiger partial charge < -0.3 is 15.4 Å². The third kappa shape index (κ3) is 7.89. The zero-order chi connectivity index (χ0) is 19.4. The average Bonchev–Trinajstić information content (AvgIpc) is 2.84. The van der Waals surface area contributed by atoms with E-state index in [2.05, 4.69) is 34.6 Å². The van der Waals surface area contributed by atoms with Crippen molar-refractivity contribution in [2.24, 2.45) is 12.0 Å². The second-order valence-corrected chi connectivity index (χ2v) is 6.36. The number of aliphatic imine (C=N–C) groups is 1. The number of carbonyl (C=O) groups is 1. The third-order valence-corrected chi connectivity index (χ3v) is 4.30. The van der Waals surface area contributed by atoms with Crippen molar-refractivity contribution in [3.63, 3.8) is 0 Å². The smallest absolute Gasteiger partial charge is 0.305 e. The van der Waals surface area contributed by atoms with Crippen LogP contribution < -0.4 is 10.6 Å². The molecule has 0 aliphatic rings. The Balaban J connectivity index is 2.31. The standard InChI is InChI=1S/C19H35N5O2/c1-6-20-19(22-14-17-15(3)23-24(5)16(17)4)21-13-11-9-8-10-12-18(25)26-7-2/h6-14H2,1-5H3,(H2,20,21,22). The molecule has 7 heteroatoms. The summed E-state index contributed by atoms with van der Waals surface area (Å²) in [5.74, 6) is 0.745. The number of hydrogen-bond donors (Lipinski definition) is 2. The summed E-state index contributed by atoms with van der Waals surface area (Å²) in [6, 6.07) is 0. The van der Waals surface area contributed by atoms with E-state index < -0.39 is 0 Å². The summed E-state index contributed by atoms with van der Waals surface area (Å²) < 4.78 is 6.83. The Morgan fingerprint density at radius 2 is 1.88 bits per heavy atom. The highest BCUT2D eigenvalue weighted by atomic mass is 16.5. The Morgan fingerprint density at radius 1 is 1.15 bits per heavy atom. The van der Waals surface area contributed by atoms with Crippen LogP contribution in [0.5, 0.6) is 0 Å². The van der Waals surface area contributed by atoms with Gasteiger partial charge in [-0.15, -0.1) is 0 Å². The van der Waals surface area contributed by atoms with Crippen molar-refractivity contribution >= 4 is 11.9 Å². The van der Waals surface area contributed by atoms with Gasteiger partial charge in [-0.2, -0.15) is 5.10 Å². The van der Waals surface area contributed by atoms with Gasteiger partial charge in [0.05, 0.1) is 18.8 Å². The number of rotatable bonds is 11. The molecule has 7 nitrogen and oxygen atoms in total. The van der Waals surface area contributed by atoms with Crippen LogP contribution in [0.2, 0.25) is 0 Å². The summed E-state index contributed by atoms with van der Waals surface area (Å²) in [6.45, 7) is 10.8. The first-order chi connectivity index (χ1) is 12.5. The Morgan fingerprint density at radius 3 is 2.50 bits per heavy atom. The number of unbranched alkanes of at least 4 members (excludes halogenated alkanes) is 3. The van der Waals surface area contributed by atoms with Gasteiger partial charge in [-0.1, -0.05) is 12.8 Å². The predicted octanol–water partition coefficient (Wildman–Crippen LogP) is 2.61. The lowest BCUT2D eigenvalue weighted by Gasteiger charge is -2.11. The van der Waals surface area contributed by atoms with Crippen molar-refractivity contribution < 1.29 is 9.53 Å². The molecule has 0 bridgehead atoms. The van der Waals surface area contributed by atoms with Crippen LogP contribution in [0, 0.1) is 13.8 Å². The van der Waals surface area contributed by atoms with Crippen molar-refractivity contribution in [1.82, 2.24) is 20.4 Å². The lowest BCUT2D eigenvalue weighted by molar-refractivity contribution is -0.143. The van der Waals surface area contributed by atoms with Gasteiger partial charge in [-0.25, -0.2) is 4.99 Å². The van der Waals surface area contributed by atoms with E-state index >= 15 is 0 Å². The van der Waals surface area contributed by atoms with E-state index in [0.29, 0.717) is 19.6 Å². The maximum Gasteiger partial charge on any atom is 0.305 e. The molecular weight excluding hydrogens is 330 g/mol. The first-order valence-electron chi connectivity index (χ1n) is 9.66. The predicted molar refractivity (Wildman–Crippen MR) is 105 cm³/mol. The molecule has 0 spiro atoms. The zero-order valence-corrected chi connectivity index (χ0v) is 17.0. The number of esters is 1. The molecular formula is C19H35N5O2. The van der Waals surface area contributed by atoms with Crippen molar-refractivity contribution in [2.75, 3.05) is 19.7 Å². The maximum absolute atomic E-state index is 11.3. The molecule has 26 heavy (non-hydrogen) atoms. The Hall–Kier alpha value is -2.05. The molecule has 148 valence electrons. The average molecular weight is 366 g/mol. The van der Waals surface area contributed by atoms with Crippen LogP contribution in [0.4, 0.5) is 0 Å². The molecule has 0 saturated carbocycles. The van der Waals surface area contributed by atoms with Crippen LogP contribution in [0.1, 0.15) is 62.9 Å². The fraction of sp³-hybridized carbons (Fsp3) is 0.737. The molecule has 1 rings (SSSR count). The van der Waals surface area contributed by atoms with Crippen LogP contribution in [0.25, 0.3) is 0 Å². The topological polar surface area (TPSA) is 80.5 Å². The molecule has 0 aliphatic heterocycles. The minimum Gasteiger partial charge on any atom is -0.466 e. The summed E-state index contributed by atoms with van der Waals surface area (Å²) in [5, 5.41) is 11.1. The highest BCUT2D eigenvalue weighted by molar-refractivity contribution is 5.79. The molecule has 1 aromatic heterocycles. The van der Waals surface area contributed by atoms with E-state index in [0.717, 1.165) is 56.1 Å². The van der Waals surface area contributed by atoms with Crippen LogP contribution >= 0.6 is 0 Å². The second-order valence-electron chi connectivity index (χ2n) is 6.36. The van der Waals surface area contributed by atoms with Crippen LogP contribution in [-0.4, -0.2) is 41.4 Å². The molecule has 1 aromatic rings. The molecule has 0 fully saturated rings. The molecule has 0 atom stereocenters. The first-order valence-corrected chi connectivity index (χ1v) is 9.66. The van der Waals surface area contributed by atoms with E-state index in [1.54, 1.807) is 0 Å². The number of aromatic nitrogens is 2. The molecule has 2 N–H and O–H groups in total. The van der Waals surface area contributed by atoms with Crippen LogP contribution in [0.3, 0.4) is 0 Å². The number of carbonyl (C=O) groups excluding carboxylic acids is 1. The van der Waals surface area contributed by atoms with Gasteiger partial charge in [0, 0.05) is 37.8 Å². The SMILES string of the molecule is CCNC(=NCc1c(C)nn(C)c1C)NCCCCCCC(=O)OCC. The number of nitrogens with one attached hydrogen (secondary N) is 2. The fourth-order valence-electron chi connectivity index (χ4n) is 2.73. The summed E-state index contributed by atoms with van der Waals surface area (Å²) >= 11 is 0. The van der Waals surface area contributed by atoms with E-state index in [-0.39, 0.29) is 5.97 Å². The zero-order valence-electron chi connectivity index (χ0n) is 17.0. The lowest BCUT2D eigenvalue weighted by Crippen LogP contribution is -2.37. The summed E-state index contributed by atoms with van der Waals surface area (Å²) in [6.07, 6.45) is 4.61. The van der Waals surface area contributed by atoms with E-state index in [1.165, 1.54) is 5.56 Å². The van der Waals surface area contributed by atoms with Crippen LogP contribution in [0.15, 0.2) is 4.99 Å². The first kappa shape index (κ1) is 22.0. The Bertz CT molecular complexity index is 581. The van der Waals surface area contributed by atoms with E-state index in [4.69, 9.17) is 4.74 Å². The lowest BCUT2D eigenvalue weighted by atomic mass is 10.1. The fourth-order valence-corrected chi connectivity index (χ4v) is 2.73. The van der Waals surface area contributed by atoms with Crippen molar-refractivity contribution in [3.8, 4) is 0 Å². The molecule has 0 saturated heterocycles. The highest BCUT2D eigenvalue weighted by Crippen LogP contribution is 2.12. The molecule has 0 aromatic carbocycles. The Kier molecular flexibility index (Phi) is 10.4. The normalized spacial score (nSPS) is 11.5. The molecule has 0 unspecified atom stereocenters. The molecule has 1 heterocycles. The van der Waals surface area contributed by atoms with Gasteiger partial charge in [-0.3, -0.25) is 9.48 Å². The van der Waals surface area contributed by atoms with Crippen LogP contribution in [-0.2, 0) is 23.1 Å². The molecule has 0 aliphatic carbocycles. The number of aryl methyl sites for hydroxylation is 2. The third-order valence-electron chi connectivity index (χ3n) is 4.30. The van der Waals surface area contributed by atoms with Gasteiger partial charge in [0.25, 0.3) is 0 Å². The summed E-state index contributed by atoms with van der Waals surface area (Å²) in [5.41, 5.74) is 3.37. The number of nitrogens with zero attached hydrogens (tertiary/aromatic N) is 3. The number of hydrogen-bond acceptors (Lipinski definition) is 4. The number of ether oxygens (including phenoxy) is 1. The van der Waals surface area contributed by atoms with Crippen molar-refractivity contribution in [2.45, 2.75) is 66.3 Å². The summed E-state index contributed by atoms with van der Waals surface area (Å²) in [7, 11) is 1.96. The second kappa shape index (κ2) is 12.3. The van der Waals surface area contributed by atoms with Gasteiger partial charge in [0.15, 0.2) is 5.96 Å². The Labute approximate surface area is 157 Å². The summed E-state index contributed by atoms with van der Waals surface area (Å²) in [4.78, 5) is 15.9. The van der Waals surface area contributed by atoms with E-state index in [1.807, 2.05) is 25.6 Å². The van der Waals surface area contributed by atoms with Gasteiger partial charge >= 0.3 is 5.97 Å². The van der Waals surface area contributed by atoms with E-state index in [9.17, 15) is 4.79 Å². The van der Waals surface area contributed by atoms with Gasteiger partial charge in [0.2, 0.25) is 0 Å². The number of guanidine groups is 1. The maximum atomic E-state index is 11.3. The quantitative estimate of drug-likeness (QED) is 0.273. The van der Waals surface area contributed by atoms with Crippen molar-refractivity contribution in [3.05, 3.63) is 17.0 Å². The van der Waals surface area contributed by atoms with Crippen molar-refractivity contribution in [1.29, 1.82) is 0 Å².